The third-order valence-electron chi connectivity index (χ3n) is 2.66. The third-order valence-corrected chi connectivity index (χ3v) is 2.66. The average Bonchev–Trinajstić information content (AvgIpc) is 2.22. The van der Waals surface area contributed by atoms with Gasteiger partial charge >= 0.3 is 6.09 Å². The topological polar surface area (TPSA) is 55.6 Å². The van der Waals surface area contributed by atoms with Crippen molar-refractivity contribution in [1.29, 1.82) is 0 Å². The molecule has 2 N–H and O–H groups in total. The van der Waals surface area contributed by atoms with Crippen molar-refractivity contribution in [2.75, 3.05) is 19.7 Å². The first-order valence-electron chi connectivity index (χ1n) is 5.52. The van der Waals surface area contributed by atoms with Crippen LogP contribution in [-0.4, -0.2) is 42.7 Å². The van der Waals surface area contributed by atoms with Crippen LogP contribution in [0.5, 0.6) is 0 Å². The summed E-state index contributed by atoms with van der Waals surface area (Å²) in [5.74, 6) is -2.87. The average molecular weight is 236 g/mol. The number of nitrogens with zero attached hydrogens (tertiary/aromatic N) is 1. The largest absolute Gasteiger partial charge is 0.449 e. The van der Waals surface area contributed by atoms with Gasteiger partial charge in [0.25, 0.3) is 5.92 Å². The number of alkyl halides is 2. The van der Waals surface area contributed by atoms with Gasteiger partial charge in [0.05, 0.1) is 12.6 Å². The Kier molecular flexibility index (Phi) is 4.46. The summed E-state index contributed by atoms with van der Waals surface area (Å²) in [6, 6.07) is -1.29. The molecule has 4 nitrogen and oxygen atoms in total. The highest BCUT2D eigenvalue weighted by molar-refractivity contribution is 5.67. The second-order valence-corrected chi connectivity index (χ2v) is 4.03. The summed E-state index contributed by atoms with van der Waals surface area (Å²) in [7, 11) is 0. The standard InChI is InChI=1S/C10H18F2N2O2/c1-2-3-6-16-9(15)14-5-4-10(11,12)8(13)7-14/h8H,2-7,13H2,1H3. The number of hydrogen-bond acceptors (Lipinski definition) is 3. The molecule has 16 heavy (non-hydrogen) atoms. The Morgan fingerprint density at radius 2 is 2.31 bits per heavy atom. The van der Waals surface area contributed by atoms with E-state index in [2.05, 4.69) is 0 Å². The molecule has 0 spiro atoms. The van der Waals surface area contributed by atoms with Crippen molar-refractivity contribution in [1.82, 2.24) is 4.90 Å². The monoisotopic (exact) mass is 236 g/mol. The molecular formula is C10H18F2N2O2. The number of nitrogens with two attached hydrogens (primary N) is 1. The normalized spacial score (nSPS) is 24.2. The van der Waals surface area contributed by atoms with Crippen molar-refractivity contribution in [3.63, 3.8) is 0 Å². The number of unbranched alkanes of at least 4 members (excludes halogenated alkanes) is 1. The zero-order valence-electron chi connectivity index (χ0n) is 9.42. The molecule has 1 saturated heterocycles. The SMILES string of the molecule is CCCCOC(=O)N1CCC(F)(F)C(N)C1. The minimum Gasteiger partial charge on any atom is -0.449 e. The van der Waals surface area contributed by atoms with Crippen LogP contribution in [0.25, 0.3) is 0 Å². The number of likely N-dealkylation sites (tertiary alicyclic amines) is 1. The van der Waals surface area contributed by atoms with Crippen LogP contribution in [-0.2, 0) is 4.74 Å². The van der Waals surface area contributed by atoms with Gasteiger partial charge in [-0.25, -0.2) is 13.6 Å². The second kappa shape index (κ2) is 5.43. The summed E-state index contributed by atoms with van der Waals surface area (Å²) >= 11 is 0. The molecule has 0 bridgehead atoms. The summed E-state index contributed by atoms with van der Waals surface area (Å²) in [4.78, 5) is 12.7. The smallest absolute Gasteiger partial charge is 0.409 e. The third kappa shape index (κ3) is 3.30. The van der Waals surface area contributed by atoms with Gasteiger partial charge in [0.2, 0.25) is 0 Å². The molecule has 1 aliphatic rings. The van der Waals surface area contributed by atoms with Crippen LogP contribution in [0.15, 0.2) is 0 Å². The lowest BCUT2D eigenvalue weighted by atomic mass is 10.0. The van der Waals surface area contributed by atoms with Gasteiger partial charge < -0.3 is 15.4 Å². The van der Waals surface area contributed by atoms with E-state index in [1.165, 1.54) is 4.90 Å². The van der Waals surface area contributed by atoms with Gasteiger partial charge in [-0.3, -0.25) is 0 Å². The van der Waals surface area contributed by atoms with Crippen LogP contribution in [0.4, 0.5) is 13.6 Å². The molecule has 0 aromatic heterocycles. The molecule has 1 unspecified atom stereocenters. The van der Waals surface area contributed by atoms with Crippen molar-refractivity contribution in [2.24, 2.45) is 5.73 Å². The molecule has 0 saturated carbocycles. The molecule has 94 valence electrons. The van der Waals surface area contributed by atoms with Crippen LogP contribution >= 0.6 is 0 Å². The van der Waals surface area contributed by atoms with E-state index >= 15 is 0 Å². The van der Waals surface area contributed by atoms with Gasteiger partial charge in [0.15, 0.2) is 0 Å². The summed E-state index contributed by atoms with van der Waals surface area (Å²) in [6.07, 6.45) is 0.767. The lowest BCUT2D eigenvalue weighted by molar-refractivity contribution is -0.0692. The number of halogens is 2. The lowest BCUT2D eigenvalue weighted by Gasteiger charge is -2.35. The number of rotatable bonds is 3. The van der Waals surface area contributed by atoms with Gasteiger partial charge in [-0.05, 0) is 6.42 Å². The molecule has 1 fully saturated rings. The molecule has 1 rings (SSSR count). The maximum atomic E-state index is 13.0. The molecule has 0 aromatic rings. The molecule has 6 heteroatoms. The molecule has 1 heterocycles. The Morgan fingerprint density at radius 3 is 2.88 bits per heavy atom. The molecular weight excluding hydrogens is 218 g/mol. The Morgan fingerprint density at radius 1 is 1.62 bits per heavy atom. The van der Waals surface area contributed by atoms with E-state index in [1.807, 2.05) is 6.92 Å². The number of piperidine rings is 1. The van der Waals surface area contributed by atoms with Gasteiger partial charge in [0.1, 0.15) is 0 Å². The predicted octanol–water partition coefficient (Wildman–Crippen LogP) is 1.59. The quantitative estimate of drug-likeness (QED) is 0.757. The maximum Gasteiger partial charge on any atom is 0.409 e. The highest BCUT2D eigenvalue weighted by atomic mass is 19.3. The van der Waals surface area contributed by atoms with Crippen molar-refractivity contribution in [3.05, 3.63) is 0 Å². The van der Waals surface area contributed by atoms with Crippen LogP contribution in [0.1, 0.15) is 26.2 Å². The van der Waals surface area contributed by atoms with Crippen molar-refractivity contribution < 1.29 is 18.3 Å². The first-order valence-corrected chi connectivity index (χ1v) is 5.52. The fourth-order valence-electron chi connectivity index (χ4n) is 1.49. The summed E-state index contributed by atoms with van der Waals surface area (Å²) in [6.45, 7) is 2.17. The predicted molar refractivity (Wildman–Crippen MR) is 55.4 cm³/mol. The highest BCUT2D eigenvalue weighted by Gasteiger charge is 2.43. The van der Waals surface area contributed by atoms with Crippen molar-refractivity contribution >= 4 is 6.09 Å². The van der Waals surface area contributed by atoms with Gasteiger partial charge in [-0.2, -0.15) is 0 Å². The Hall–Kier alpha value is -0.910. The van der Waals surface area contributed by atoms with Crippen LogP contribution < -0.4 is 5.73 Å². The lowest BCUT2D eigenvalue weighted by Crippen LogP contribution is -2.56. The summed E-state index contributed by atoms with van der Waals surface area (Å²) in [5, 5.41) is 0. The molecule has 0 radical (unpaired) electrons. The fourth-order valence-corrected chi connectivity index (χ4v) is 1.49. The van der Waals surface area contributed by atoms with Gasteiger partial charge in [-0.15, -0.1) is 0 Å². The highest BCUT2D eigenvalue weighted by Crippen LogP contribution is 2.27. The Bertz CT molecular complexity index is 249. The van der Waals surface area contributed by atoms with Crippen LogP contribution in [0.2, 0.25) is 0 Å². The van der Waals surface area contributed by atoms with Gasteiger partial charge in [-0.1, -0.05) is 13.3 Å². The summed E-state index contributed by atoms with van der Waals surface area (Å²) in [5.41, 5.74) is 5.30. The number of hydrogen-bond donors (Lipinski definition) is 1. The van der Waals surface area contributed by atoms with E-state index in [4.69, 9.17) is 10.5 Å². The second-order valence-electron chi connectivity index (χ2n) is 4.03. The van der Waals surface area contributed by atoms with E-state index in [0.29, 0.717) is 6.61 Å². The van der Waals surface area contributed by atoms with Crippen molar-refractivity contribution in [3.8, 4) is 0 Å². The zero-order chi connectivity index (χ0) is 12.2. The van der Waals surface area contributed by atoms with E-state index in [0.717, 1.165) is 12.8 Å². The fraction of sp³-hybridized carbons (Fsp3) is 0.900. The van der Waals surface area contributed by atoms with Gasteiger partial charge in [0, 0.05) is 19.5 Å². The Balaban J connectivity index is 2.36. The minimum atomic E-state index is -2.87. The number of carbonyl (C=O) groups excluding carboxylic acids is 1. The van der Waals surface area contributed by atoms with E-state index in [-0.39, 0.29) is 13.1 Å². The Labute approximate surface area is 93.7 Å². The van der Waals surface area contributed by atoms with Crippen LogP contribution in [0, 0.1) is 0 Å². The number of amides is 1. The number of ether oxygens (including phenoxy) is 1. The minimum absolute atomic E-state index is 0.00561. The van der Waals surface area contributed by atoms with E-state index in [9.17, 15) is 13.6 Å². The van der Waals surface area contributed by atoms with E-state index < -0.39 is 24.5 Å². The molecule has 1 amide bonds. The zero-order valence-corrected chi connectivity index (χ0v) is 9.42. The first-order chi connectivity index (χ1) is 7.47. The maximum absolute atomic E-state index is 13.0. The molecule has 1 aliphatic heterocycles. The molecule has 0 aromatic carbocycles. The number of carbonyl (C=O) groups is 1. The molecule has 1 atom stereocenters. The van der Waals surface area contributed by atoms with Crippen molar-refractivity contribution in [2.45, 2.75) is 38.2 Å². The van der Waals surface area contributed by atoms with E-state index in [1.54, 1.807) is 0 Å². The molecule has 0 aliphatic carbocycles. The van der Waals surface area contributed by atoms with Crippen LogP contribution in [0.3, 0.4) is 0 Å². The summed E-state index contributed by atoms with van der Waals surface area (Å²) < 4.78 is 31.0. The first kappa shape index (κ1) is 13.2.